The van der Waals surface area contributed by atoms with Gasteiger partial charge in [0.1, 0.15) is 0 Å². The largest absolute Gasteiger partial charge is 0.350 e. The molecule has 1 amide bonds. The second-order valence-electron chi connectivity index (χ2n) is 3.63. The lowest BCUT2D eigenvalue weighted by atomic mass is 10.0. The van der Waals surface area contributed by atoms with Crippen molar-refractivity contribution in [2.24, 2.45) is 5.92 Å². The summed E-state index contributed by atoms with van der Waals surface area (Å²) in [5.41, 5.74) is 0.395. The molecule has 0 saturated carbocycles. The number of hydrogen-bond donors (Lipinski definition) is 1. The maximum absolute atomic E-state index is 11.6. The van der Waals surface area contributed by atoms with Gasteiger partial charge in [0.25, 0.3) is 5.91 Å². The van der Waals surface area contributed by atoms with Crippen molar-refractivity contribution in [2.45, 2.75) is 26.2 Å². The van der Waals surface area contributed by atoms with Crippen LogP contribution in [0.4, 0.5) is 0 Å². The molecule has 1 atom stereocenters. The third-order valence-electron chi connectivity index (χ3n) is 2.36. The van der Waals surface area contributed by atoms with E-state index < -0.39 is 0 Å². The SMILES string of the molecule is CCCC(CCCl)CNC(=O)c1csnn1. The number of hydrogen-bond acceptors (Lipinski definition) is 4. The highest BCUT2D eigenvalue weighted by Crippen LogP contribution is 2.11. The number of amides is 1. The summed E-state index contributed by atoms with van der Waals surface area (Å²) in [6.07, 6.45) is 3.13. The van der Waals surface area contributed by atoms with Crippen LogP contribution in [0, 0.1) is 5.92 Å². The fourth-order valence-electron chi connectivity index (χ4n) is 1.50. The molecule has 0 aromatic carbocycles. The predicted octanol–water partition coefficient (Wildman–Crippen LogP) is 2.31. The first-order valence-corrected chi connectivity index (χ1v) is 6.76. The molecule has 1 heterocycles. The molecule has 0 bridgehead atoms. The van der Waals surface area contributed by atoms with Gasteiger partial charge in [0, 0.05) is 17.8 Å². The molecule has 0 radical (unpaired) electrons. The number of halogens is 1. The Kier molecular flexibility index (Phi) is 6.33. The van der Waals surface area contributed by atoms with Crippen LogP contribution in [0.25, 0.3) is 0 Å². The van der Waals surface area contributed by atoms with Gasteiger partial charge >= 0.3 is 0 Å². The van der Waals surface area contributed by atoms with E-state index in [0.717, 1.165) is 19.3 Å². The van der Waals surface area contributed by atoms with E-state index in [9.17, 15) is 4.79 Å². The highest BCUT2D eigenvalue weighted by Gasteiger charge is 2.12. The molecule has 0 aliphatic rings. The lowest BCUT2D eigenvalue weighted by Gasteiger charge is -2.14. The Morgan fingerprint density at radius 3 is 3.00 bits per heavy atom. The first-order chi connectivity index (χ1) is 7.77. The molecule has 6 heteroatoms. The van der Waals surface area contributed by atoms with E-state index >= 15 is 0 Å². The molecule has 4 nitrogen and oxygen atoms in total. The van der Waals surface area contributed by atoms with E-state index in [1.165, 1.54) is 11.5 Å². The van der Waals surface area contributed by atoms with Gasteiger partial charge in [-0.1, -0.05) is 17.8 Å². The van der Waals surface area contributed by atoms with Crippen molar-refractivity contribution in [3.8, 4) is 0 Å². The van der Waals surface area contributed by atoms with Gasteiger partial charge in [0.05, 0.1) is 0 Å². The average Bonchev–Trinajstić information content (AvgIpc) is 2.79. The van der Waals surface area contributed by atoms with E-state index in [4.69, 9.17) is 11.6 Å². The fourth-order valence-corrected chi connectivity index (χ4v) is 2.25. The van der Waals surface area contributed by atoms with Gasteiger partial charge in [-0.05, 0) is 30.3 Å². The van der Waals surface area contributed by atoms with Crippen LogP contribution in [0.5, 0.6) is 0 Å². The first kappa shape index (κ1) is 13.4. The van der Waals surface area contributed by atoms with Crippen molar-refractivity contribution >= 4 is 29.0 Å². The second-order valence-corrected chi connectivity index (χ2v) is 4.62. The predicted molar refractivity (Wildman–Crippen MR) is 66.0 cm³/mol. The summed E-state index contributed by atoms with van der Waals surface area (Å²) in [4.78, 5) is 11.6. The Morgan fingerprint density at radius 2 is 2.44 bits per heavy atom. The Labute approximate surface area is 105 Å². The van der Waals surface area contributed by atoms with Crippen molar-refractivity contribution in [3.63, 3.8) is 0 Å². The number of carbonyl (C=O) groups is 1. The van der Waals surface area contributed by atoms with Crippen molar-refractivity contribution in [1.29, 1.82) is 0 Å². The lowest BCUT2D eigenvalue weighted by molar-refractivity contribution is 0.0941. The number of nitrogens with one attached hydrogen (secondary N) is 1. The summed E-state index contributed by atoms with van der Waals surface area (Å²) in [7, 11) is 0. The van der Waals surface area contributed by atoms with E-state index in [1.54, 1.807) is 5.38 Å². The van der Waals surface area contributed by atoms with Gasteiger partial charge in [0.15, 0.2) is 5.69 Å². The van der Waals surface area contributed by atoms with E-state index in [0.29, 0.717) is 24.0 Å². The molecule has 1 N–H and O–H groups in total. The van der Waals surface area contributed by atoms with Crippen molar-refractivity contribution in [2.75, 3.05) is 12.4 Å². The number of alkyl halides is 1. The maximum Gasteiger partial charge on any atom is 0.272 e. The van der Waals surface area contributed by atoms with Crippen LogP contribution in [0.1, 0.15) is 36.7 Å². The molecule has 0 fully saturated rings. The van der Waals surface area contributed by atoms with E-state index in [-0.39, 0.29) is 5.91 Å². The van der Waals surface area contributed by atoms with Crippen LogP contribution in [0.2, 0.25) is 0 Å². The molecule has 90 valence electrons. The van der Waals surface area contributed by atoms with Crippen LogP contribution in [0.3, 0.4) is 0 Å². The van der Waals surface area contributed by atoms with Gasteiger partial charge in [-0.15, -0.1) is 16.7 Å². The van der Waals surface area contributed by atoms with Gasteiger partial charge in [-0.3, -0.25) is 4.79 Å². The number of nitrogens with zero attached hydrogens (tertiary/aromatic N) is 2. The van der Waals surface area contributed by atoms with Crippen molar-refractivity contribution in [3.05, 3.63) is 11.1 Å². The van der Waals surface area contributed by atoms with Crippen LogP contribution in [-0.2, 0) is 0 Å². The summed E-state index contributed by atoms with van der Waals surface area (Å²) in [6, 6.07) is 0. The molecular formula is C10H16ClN3OS. The molecule has 1 aromatic heterocycles. The lowest BCUT2D eigenvalue weighted by Crippen LogP contribution is -2.29. The van der Waals surface area contributed by atoms with Crippen molar-refractivity contribution < 1.29 is 4.79 Å². The number of rotatable bonds is 7. The zero-order valence-corrected chi connectivity index (χ0v) is 10.9. The van der Waals surface area contributed by atoms with Gasteiger partial charge in [0.2, 0.25) is 0 Å². The third kappa shape index (κ3) is 4.45. The minimum Gasteiger partial charge on any atom is -0.350 e. The number of aromatic nitrogens is 2. The van der Waals surface area contributed by atoms with Gasteiger partial charge < -0.3 is 5.32 Å². The summed E-state index contributed by atoms with van der Waals surface area (Å²) >= 11 is 6.89. The molecule has 0 aliphatic carbocycles. The summed E-state index contributed by atoms with van der Waals surface area (Å²) in [6.45, 7) is 2.80. The summed E-state index contributed by atoms with van der Waals surface area (Å²) in [5, 5.41) is 8.22. The number of carbonyl (C=O) groups excluding carboxylic acids is 1. The highest BCUT2D eigenvalue weighted by molar-refractivity contribution is 7.03. The summed E-state index contributed by atoms with van der Waals surface area (Å²) < 4.78 is 3.65. The van der Waals surface area contributed by atoms with E-state index in [2.05, 4.69) is 21.8 Å². The van der Waals surface area contributed by atoms with Crippen LogP contribution in [0.15, 0.2) is 5.38 Å². The molecule has 0 spiro atoms. The first-order valence-electron chi connectivity index (χ1n) is 5.39. The van der Waals surface area contributed by atoms with Gasteiger partial charge in [-0.2, -0.15) is 0 Å². The van der Waals surface area contributed by atoms with Crippen LogP contribution >= 0.6 is 23.1 Å². The van der Waals surface area contributed by atoms with Crippen LogP contribution < -0.4 is 5.32 Å². The zero-order chi connectivity index (χ0) is 11.8. The Morgan fingerprint density at radius 1 is 1.62 bits per heavy atom. The van der Waals surface area contributed by atoms with Gasteiger partial charge in [-0.25, -0.2) is 0 Å². The molecule has 0 saturated heterocycles. The molecule has 1 rings (SSSR count). The second kappa shape index (κ2) is 7.57. The smallest absolute Gasteiger partial charge is 0.272 e. The molecule has 1 unspecified atom stereocenters. The van der Waals surface area contributed by atoms with Crippen molar-refractivity contribution in [1.82, 2.24) is 14.9 Å². The highest BCUT2D eigenvalue weighted by atomic mass is 35.5. The topological polar surface area (TPSA) is 54.9 Å². The molecule has 1 aromatic rings. The Bertz CT molecular complexity index is 299. The maximum atomic E-state index is 11.6. The fraction of sp³-hybridized carbons (Fsp3) is 0.700. The third-order valence-corrected chi connectivity index (χ3v) is 3.08. The average molecular weight is 262 g/mol. The van der Waals surface area contributed by atoms with Crippen LogP contribution in [-0.4, -0.2) is 27.9 Å². The van der Waals surface area contributed by atoms with E-state index in [1.807, 2.05) is 0 Å². The minimum absolute atomic E-state index is 0.149. The quantitative estimate of drug-likeness (QED) is 0.767. The minimum atomic E-state index is -0.149. The molecular weight excluding hydrogens is 246 g/mol. The molecule has 0 aliphatic heterocycles. The molecule has 16 heavy (non-hydrogen) atoms. The monoisotopic (exact) mass is 261 g/mol. The zero-order valence-electron chi connectivity index (χ0n) is 9.28. The Balaban J connectivity index is 2.34. The standard InChI is InChI=1S/C10H16ClN3OS/c1-2-3-8(4-5-11)6-12-10(15)9-7-16-14-13-9/h7-8H,2-6H2,1H3,(H,12,15). The summed E-state index contributed by atoms with van der Waals surface area (Å²) in [5.74, 6) is 0.946. The Hall–Kier alpha value is -0.680. The normalized spacial score (nSPS) is 12.4.